The van der Waals surface area contributed by atoms with Crippen LogP contribution in [0.4, 0.5) is 11.4 Å². The minimum absolute atomic E-state index is 0.0166. The van der Waals surface area contributed by atoms with Crippen molar-refractivity contribution in [1.29, 1.82) is 0 Å². The van der Waals surface area contributed by atoms with E-state index in [9.17, 15) is 13.2 Å². The smallest absolute Gasteiger partial charge is 0.258 e. The maximum Gasteiger partial charge on any atom is 0.258 e. The number of anilines is 2. The lowest BCUT2D eigenvalue weighted by molar-refractivity contribution is 0.0985. The number of carbonyl (C=O) groups excluding carboxylic acids is 1. The highest BCUT2D eigenvalue weighted by molar-refractivity contribution is 7.93. The Hall–Kier alpha value is -2.34. The van der Waals surface area contributed by atoms with Gasteiger partial charge in [-0.25, -0.2) is 8.42 Å². The van der Waals surface area contributed by atoms with Gasteiger partial charge in [0.25, 0.3) is 5.91 Å². The molecule has 28 heavy (non-hydrogen) atoms. The predicted molar refractivity (Wildman–Crippen MR) is 112 cm³/mol. The number of nitrogens with one attached hydrogen (secondary N) is 1. The molecule has 1 amide bonds. The van der Waals surface area contributed by atoms with Crippen LogP contribution in [-0.2, 0) is 16.4 Å². The summed E-state index contributed by atoms with van der Waals surface area (Å²) < 4.78 is 28.2. The zero-order valence-electron chi connectivity index (χ0n) is 15.9. The van der Waals surface area contributed by atoms with Crippen molar-refractivity contribution in [2.75, 3.05) is 16.2 Å². The molecule has 0 saturated heterocycles. The Labute approximate surface area is 166 Å². The number of aryl methyl sites for hydroxylation is 1. The van der Waals surface area contributed by atoms with Gasteiger partial charge in [0.2, 0.25) is 10.0 Å². The number of rotatable bonds is 4. The molecule has 0 radical (unpaired) electrons. The molecule has 0 atom stereocenters. The van der Waals surface area contributed by atoms with Crippen molar-refractivity contribution >= 4 is 27.3 Å². The van der Waals surface area contributed by atoms with Gasteiger partial charge in [0.1, 0.15) is 0 Å². The summed E-state index contributed by atoms with van der Waals surface area (Å²) in [6, 6.07) is 14.8. The largest absolute Gasteiger partial charge is 0.308 e. The van der Waals surface area contributed by atoms with E-state index in [2.05, 4.69) is 4.72 Å². The van der Waals surface area contributed by atoms with Crippen LogP contribution < -0.4 is 9.62 Å². The Bertz CT molecular complexity index is 951. The van der Waals surface area contributed by atoms with Crippen molar-refractivity contribution in [2.24, 2.45) is 0 Å². The van der Waals surface area contributed by atoms with Gasteiger partial charge in [0, 0.05) is 23.5 Å². The summed E-state index contributed by atoms with van der Waals surface area (Å²) >= 11 is 0. The maximum atomic E-state index is 12.9. The zero-order chi connectivity index (χ0) is 19.6. The molecule has 2 aliphatic rings. The van der Waals surface area contributed by atoms with Crippen molar-refractivity contribution in [3.05, 3.63) is 59.7 Å². The van der Waals surface area contributed by atoms with Gasteiger partial charge >= 0.3 is 0 Å². The van der Waals surface area contributed by atoms with Gasteiger partial charge in [-0.3, -0.25) is 9.52 Å². The van der Waals surface area contributed by atoms with Crippen LogP contribution in [0, 0.1) is 0 Å². The summed E-state index contributed by atoms with van der Waals surface area (Å²) in [5, 5.41) is -0.298. The lowest BCUT2D eigenvalue weighted by Gasteiger charge is -2.30. The van der Waals surface area contributed by atoms with Gasteiger partial charge in [-0.15, -0.1) is 0 Å². The first-order chi connectivity index (χ1) is 13.5. The molecular weight excluding hydrogens is 372 g/mol. The lowest BCUT2D eigenvalue weighted by atomic mass is 10.00. The van der Waals surface area contributed by atoms with Gasteiger partial charge in [0.15, 0.2) is 0 Å². The summed E-state index contributed by atoms with van der Waals surface area (Å²) in [6.07, 6.45) is 6.26. The number of nitrogens with zero attached hydrogens (tertiary/aromatic N) is 1. The highest BCUT2D eigenvalue weighted by Gasteiger charge is 2.28. The van der Waals surface area contributed by atoms with Crippen molar-refractivity contribution in [2.45, 2.75) is 50.2 Å². The first-order valence-corrected chi connectivity index (χ1v) is 11.6. The Morgan fingerprint density at radius 1 is 0.964 bits per heavy atom. The molecule has 148 valence electrons. The molecule has 1 aliphatic heterocycles. The number of hydrogen-bond acceptors (Lipinski definition) is 3. The minimum Gasteiger partial charge on any atom is -0.308 e. The van der Waals surface area contributed by atoms with Crippen molar-refractivity contribution in [3.63, 3.8) is 0 Å². The van der Waals surface area contributed by atoms with Gasteiger partial charge in [0.05, 0.1) is 5.25 Å². The Morgan fingerprint density at radius 2 is 1.71 bits per heavy atom. The average molecular weight is 399 g/mol. The number of amides is 1. The molecule has 4 rings (SSSR count). The van der Waals surface area contributed by atoms with E-state index in [0.717, 1.165) is 56.2 Å². The number of fused-ring (bicyclic) bond motifs is 1. The molecule has 5 nitrogen and oxygen atoms in total. The Kier molecular flexibility index (Phi) is 5.40. The second-order valence-electron chi connectivity index (χ2n) is 7.68. The van der Waals surface area contributed by atoms with Crippen LogP contribution in [0.15, 0.2) is 48.5 Å². The van der Waals surface area contributed by atoms with Crippen LogP contribution in [-0.4, -0.2) is 26.1 Å². The Morgan fingerprint density at radius 3 is 2.46 bits per heavy atom. The molecule has 2 aromatic rings. The van der Waals surface area contributed by atoms with E-state index in [0.29, 0.717) is 17.8 Å². The van der Waals surface area contributed by atoms with Crippen molar-refractivity contribution in [1.82, 2.24) is 0 Å². The number of carbonyl (C=O) groups is 1. The van der Waals surface area contributed by atoms with E-state index < -0.39 is 10.0 Å². The van der Waals surface area contributed by atoms with Gasteiger partial charge in [-0.2, -0.15) is 0 Å². The van der Waals surface area contributed by atoms with E-state index in [-0.39, 0.29) is 11.2 Å². The second kappa shape index (κ2) is 7.95. The van der Waals surface area contributed by atoms with E-state index in [4.69, 9.17) is 0 Å². The maximum absolute atomic E-state index is 12.9. The van der Waals surface area contributed by atoms with E-state index in [1.54, 1.807) is 11.0 Å². The normalized spacial score (nSPS) is 17.8. The van der Waals surface area contributed by atoms with E-state index in [1.807, 2.05) is 42.5 Å². The first kappa shape index (κ1) is 19.0. The summed E-state index contributed by atoms with van der Waals surface area (Å²) in [6.45, 7) is 0.674. The van der Waals surface area contributed by atoms with Crippen LogP contribution in [0.25, 0.3) is 0 Å². The zero-order valence-corrected chi connectivity index (χ0v) is 16.7. The van der Waals surface area contributed by atoms with Crippen molar-refractivity contribution in [3.8, 4) is 0 Å². The SMILES string of the molecule is O=C(c1ccccc1)N1CCCc2cc(NS(=O)(=O)C3CCCCC3)ccc21. The molecule has 2 aromatic carbocycles. The standard InChI is InChI=1S/C22H26N2O3S/c25-22(17-8-3-1-4-9-17)24-15-7-10-18-16-19(13-14-21(18)24)23-28(26,27)20-11-5-2-6-12-20/h1,3-4,8-9,13-14,16,20,23H,2,5-7,10-12,15H2. The highest BCUT2D eigenvalue weighted by Crippen LogP contribution is 2.32. The number of sulfonamides is 1. The molecule has 1 aliphatic carbocycles. The average Bonchev–Trinajstić information content (AvgIpc) is 2.73. The fourth-order valence-electron chi connectivity index (χ4n) is 4.23. The summed E-state index contributed by atoms with van der Waals surface area (Å²) in [5.41, 5.74) is 3.15. The van der Waals surface area contributed by atoms with E-state index >= 15 is 0 Å². The van der Waals surface area contributed by atoms with Crippen molar-refractivity contribution < 1.29 is 13.2 Å². The monoisotopic (exact) mass is 398 g/mol. The molecule has 6 heteroatoms. The number of benzene rings is 2. The fraction of sp³-hybridized carbons (Fsp3) is 0.409. The Balaban J connectivity index is 1.56. The molecule has 1 fully saturated rings. The summed E-state index contributed by atoms with van der Waals surface area (Å²) in [4.78, 5) is 14.7. The van der Waals surface area contributed by atoms with Crippen LogP contribution in [0.1, 0.15) is 54.4 Å². The van der Waals surface area contributed by atoms with Gasteiger partial charge in [-0.05, 0) is 61.6 Å². The first-order valence-electron chi connectivity index (χ1n) is 10.1. The van der Waals surface area contributed by atoms with E-state index in [1.165, 1.54) is 0 Å². The molecule has 1 N–H and O–H groups in total. The third-order valence-corrected chi connectivity index (χ3v) is 7.58. The molecule has 0 aromatic heterocycles. The number of hydrogen-bond donors (Lipinski definition) is 1. The van der Waals surface area contributed by atoms with Crippen LogP contribution in [0.3, 0.4) is 0 Å². The van der Waals surface area contributed by atoms with Crippen LogP contribution >= 0.6 is 0 Å². The lowest BCUT2D eigenvalue weighted by Crippen LogP contribution is -2.35. The highest BCUT2D eigenvalue weighted by atomic mass is 32.2. The molecule has 0 bridgehead atoms. The van der Waals surface area contributed by atoms with Crippen LogP contribution in [0.5, 0.6) is 0 Å². The summed E-state index contributed by atoms with van der Waals surface area (Å²) in [5.74, 6) is -0.0166. The third kappa shape index (κ3) is 3.92. The third-order valence-electron chi connectivity index (χ3n) is 5.72. The van der Waals surface area contributed by atoms with Gasteiger partial charge < -0.3 is 4.90 Å². The fourth-order valence-corrected chi connectivity index (χ4v) is 5.81. The topological polar surface area (TPSA) is 66.5 Å². The molecule has 0 unspecified atom stereocenters. The predicted octanol–water partition coefficient (Wildman–Crippen LogP) is 4.35. The quantitative estimate of drug-likeness (QED) is 0.832. The van der Waals surface area contributed by atoms with Gasteiger partial charge in [-0.1, -0.05) is 37.5 Å². The molecule has 1 saturated carbocycles. The molecule has 0 spiro atoms. The molecule has 1 heterocycles. The summed E-state index contributed by atoms with van der Waals surface area (Å²) in [7, 11) is -3.37. The minimum atomic E-state index is -3.37. The second-order valence-corrected chi connectivity index (χ2v) is 9.64. The molecular formula is C22H26N2O3S. The van der Waals surface area contributed by atoms with Crippen LogP contribution in [0.2, 0.25) is 0 Å².